The highest BCUT2D eigenvalue weighted by Crippen LogP contribution is 2.25. The summed E-state index contributed by atoms with van der Waals surface area (Å²) >= 11 is 0. The van der Waals surface area contributed by atoms with Crippen LogP contribution in [0.1, 0.15) is 5.56 Å². The third kappa shape index (κ3) is 4.34. The number of ether oxygens (including phenoxy) is 1. The van der Waals surface area contributed by atoms with Gasteiger partial charge in [0.05, 0.1) is 19.1 Å². The van der Waals surface area contributed by atoms with E-state index in [0.29, 0.717) is 17.0 Å². The van der Waals surface area contributed by atoms with Gasteiger partial charge in [0, 0.05) is 5.56 Å². The van der Waals surface area contributed by atoms with Gasteiger partial charge in [-0.2, -0.15) is 0 Å². The first-order valence-electron chi connectivity index (χ1n) is 4.72. The minimum atomic E-state index is -3.37. The quantitative estimate of drug-likeness (QED) is 0.767. The van der Waals surface area contributed by atoms with Crippen LogP contribution in [0.4, 0.5) is 5.69 Å². The molecule has 2 N–H and O–H groups in total. The molecule has 92 valence electrons. The van der Waals surface area contributed by atoms with Crippen molar-refractivity contribution >= 4 is 15.7 Å². The molecule has 0 atom stereocenters. The van der Waals surface area contributed by atoms with E-state index in [1.54, 1.807) is 18.2 Å². The van der Waals surface area contributed by atoms with Crippen LogP contribution in [0.15, 0.2) is 18.2 Å². The zero-order chi connectivity index (χ0) is 12.9. The molecule has 1 aromatic carbocycles. The first-order chi connectivity index (χ1) is 7.96. The van der Waals surface area contributed by atoms with E-state index in [0.717, 1.165) is 6.26 Å². The van der Waals surface area contributed by atoms with Crippen molar-refractivity contribution in [3.05, 3.63) is 23.8 Å². The number of anilines is 1. The van der Waals surface area contributed by atoms with Crippen LogP contribution in [0.25, 0.3) is 0 Å². The van der Waals surface area contributed by atoms with E-state index in [9.17, 15) is 8.42 Å². The van der Waals surface area contributed by atoms with Crippen molar-refractivity contribution in [3.63, 3.8) is 0 Å². The number of nitrogens with one attached hydrogen (secondary N) is 1. The summed E-state index contributed by atoms with van der Waals surface area (Å²) in [6.45, 7) is -0.249. The third-order valence-electron chi connectivity index (χ3n) is 1.81. The Kier molecular flexibility index (Phi) is 4.37. The van der Waals surface area contributed by atoms with Crippen molar-refractivity contribution in [3.8, 4) is 17.6 Å². The van der Waals surface area contributed by atoms with Gasteiger partial charge in [0.2, 0.25) is 10.0 Å². The summed E-state index contributed by atoms with van der Waals surface area (Å²) in [5, 5.41) is 8.57. The van der Waals surface area contributed by atoms with Crippen LogP contribution in [0.5, 0.6) is 5.75 Å². The molecule has 1 rings (SSSR count). The van der Waals surface area contributed by atoms with Crippen LogP contribution < -0.4 is 9.46 Å². The van der Waals surface area contributed by atoms with Crippen LogP contribution >= 0.6 is 0 Å². The first-order valence-corrected chi connectivity index (χ1v) is 6.61. The molecular formula is C11H13NO4S. The van der Waals surface area contributed by atoms with E-state index < -0.39 is 10.0 Å². The Morgan fingerprint density at radius 1 is 1.47 bits per heavy atom. The lowest BCUT2D eigenvalue weighted by Crippen LogP contribution is -2.10. The Morgan fingerprint density at radius 3 is 2.71 bits per heavy atom. The smallest absolute Gasteiger partial charge is 0.229 e. The molecule has 0 spiro atoms. The SMILES string of the molecule is COc1ccc(C#CCO)cc1NS(C)(=O)=O. The molecule has 1 aromatic rings. The zero-order valence-electron chi connectivity index (χ0n) is 9.52. The Bertz CT molecular complexity index is 555. The number of methoxy groups -OCH3 is 1. The van der Waals surface area contributed by atoms with Gasteiger partial charge in [0.15, 0.2) is 0 Å². The molecule has 5 nitrogen and oxygen atoms in total. The van der Waals surface area contributed by atoms with Crippen LogP contribution in [0.2, 0.25) is 0 Å². The molecule has 0 unspecified atom stereocenters. The second kappa shape index (κ2) is 5.57. The number of aliphatic hydroxyl groups excluding tert-OH is 1. The zero-order valence-corrected chi connectivity index (χ0v) is 10.3. The molecule has 0 aliphatic carbocycles. The second-order valence-corrected chi connectivity index (χ2v) is 5.00. The molecule has 17 heavy (non-hydrogen) atoms. The number of hydrogen-bond donors (Lipinski definition) is 2. The molecule has 0 heterocycles. The van der Waals surface area contributed by atoms with Crippen LogP contribution in [-0.2, 0) is 10.0 Å². The minimum absolute atomic E-state index is 0.249. The fourth-order valence-corrected chi connectivity index (χ4v) is 1.77. The fourth-order valence-electron chi connectivity index (χ4n) is 1.21. The van der Waals surface area contributed by atoms with Gasteiger partial charge < -0.3 is 9.84 Å². The molecule has 0 aromatic heterocycles. The minimum Gasteiger partial charge on any atom is -0.495 e. The van der Waals surface area contributed by atoms with Gasteiger partial charge in [-0.05, 0) is 18.2 Å². The van der Waals surface area contributed by atoms with Crippen molar-refractivity contribution in [2.75, 3.05) is 24.7 Å². The number of benzene rings is 1. The normalized spacial score (nSPS) is 10.3. The topological polar surface area (TPSA) is 75.6 Å². The summed E-state index contributed by atoms with van der Waals surface area (Å²) in [7, 11) is -1.93. The Labute approximate surface area is 100 Å². The molecule has 0 aliphatic heterocycles. The molecule has 0 saturated heterocycles. The summed E-state index contributed by atoms with van der Waals surface area (Å²) in [6.07, 6.45) is 1.05. The predicted molar refractivity (Wildman–Crippen MR) is 65.4 cm³/mol. The Balaban J connectivity index is 3.15. The molecular weight excluding hydrogens is 242 g/mol. The van der Waals surface area contributed by atoms with E-state index in [1.807, 2.05) is 0 Å². The molecule has 0 saturated carbocycles. The van der Waals surface area contributed by atoms with Gasteiger partial charge in [-0.1, -0.05) is 11.8 Å². The highest BCUT2D eigenvalue weighted by molar-refractivity contribution is 7.92. The highest BCUT2D eigenvalue weighted by Gasteiger charge is 2.08. The lowest BCUT2D eigenvalue weighted by molar-refractivity contribution is 0.350. The van der Waals surface area contributed by atoms with E-state index in [1.165, 1.54) is 7.11 Å². The lowest BCUT2D eigenvalue weighted by Gasteiger charge is -2.09. The van der Waals surface area contributed by atoms with Crippen molar-refractivity contribution in [2.24, 2.45) is 0 Å². The fraction of sp³-hybridized carbons (Fsp3) is 0.273. The van der Waals surface area contributed by atoms with Gasteiger partial charge in [0.1, 0.15) is 12.4 Å². The van der Waals surface area contributed by atoms with Gasteiger partial charge in [-0.15, -0.1) is 0 Å². The van der Waals surface area contributed by atoms with E-state index in [4.69, 9.17) is 9.84 Å². The highest BCUT2D eigenvalue weighted by atomic mass is 32.2. The van der Waals surface area contributed by atoms with Gasteiger partial charge in [0.25, 0.3) is 0 Å². The van der Waals surface area contributed by atoms with E-state index in [-0.39, 0.29) is 6.61 Å². The molecule has 0 amide bonds. The summed E-state index contributed by atoms with van der Waals surface area (Å²) < 4.78 is 29.7. The monoisotopic (exact) mass is 255 g/mol. The summed E-state index contributed by atoms with van der Waals surface area (Å²) in [6, 6.07) is 4.83. The van der Waals surface area contributed by atoms with Gasteiger partial charge in [-0.3, -0.25) is 4.72 Å². The average Bonchev–Trinajstić information content (AvgIpc) is 2.24. The summed E-state index contributed by atoms with van der Waals surface area (Å²) in [4.78, 5) is 0. The number of rotatable bonds is 3. The van der Waals surface area contributed by atoms with Gasteiger partial charge >= 0.3 is 0 Å². The molecule has 6 heteroatoms. The third-order valence-corrected chi connectivity index (χ3v) is 2.40. The number of sulfonamides is 1. The van der Waals surface area contributed by atoms with Crippen LogP contribution in [0.3, 0.4) is 0 Å². The number of aliphatic hydroxyl groups is 1. The van der Waals surface area contributed by atoms with Crippen LogP contribution in [-0.4, -0.2) is 33.5 Å². The summed E-state index contributed by atoms with van der Waals surface area (Å²) in [5.74, 6) is 5.57. The maximum Gasteiger partial charge on any atom is 0.229 e. The van der Waals surface area contributed by atoms with Crippen LogP contribution in [0, 0.1) is 11.8 Å². The van der Waals surface area contributed by atoms with Crippen molar-refractivity contribution < 1.29 is 18.3 Å². The molecule has 0 fully saturated rings. The standard InChI is InChI=1S/C11H13NO4S/c1-16-11-6-5-9(4-3-7-13)8-10(11)12-17(2,14)15/h5-6,8,12-13H,7H2,1-2H3. The van der Waals surface area contributed by atoms with Crippen molar-refractivity contribution in [1.29, 1.82) is 0 Å². The van der Waals surface area contributed by atoms with E-state index in [2.05, 4.69) is 16.6 Å². The maximum atomic E-state index is 11.2. The maximum absolute atomic E-state index is 11.2. The lowest BCUT2D eigenvalue weighted by atomic mass is 10.2. The van der Waals surface area contributed by atoms with Crippen molar-refractivity contribution in [2.45, 2.75) is 0 Å². The predicted octanol–water partition coefficient (Wildman–Crippen LogP) is 0.410. The van der Waals surface area contributed by atoms with Crippen molar-refractivity contribution in [1.82, 2.24) is 0 Å². The Hall–Kier alpha value is -1.71. The first kappa shape index (κ1) is 13.4. The summed E-state index contributed by atoms with van der Waals surface area (Å²) in [5.41, 5.74) is 0.908. The van der Waals surface area contributed by atoms with Gasteiger partial charge in [-0.25, -0.2) is 8.42 Å². The Morgan fingerprint density at radius 2 is 2.18 bits per heavy atom. The average molecular weight is 255 g/mol. The molecule has 0 aliphatic rings. The molecule has 0 radical (unpaired) electrons. The molecule has 0 bridgehead atoms. The second-order valence-electron chi connectivity index (χ2n) is 3.25. The largest absolute Gasteiger partial charge is 0.495 e. The van der Waals surface area contributed by atoms with E-state index >= 15 is 0 Å². The number of hydrogen-bond acceptors (Lipinski definition) is 4.